The van der Waals surface area contributed by atoms with Crippen molar-refractivity contribution < 1.29 is 13.5 Å². The fourth-order valence-corrected chi connectivity index (χ4v) is 2.91. The average molecular weight is 286 g/mol. The van der Waals surface area contributed by atoms with Gasteiger partial charge in [-0.15, -0.1) is 0 Å². The maximum atomic E-state index is 11.8. The Balaban J connectivity index is 2.50. The second-order valence-corrected chi connectivity index (χ2v) is 6.94. The van der Waals surface area contributed by atoms with Crippen molar-refractivity contribution in [1.29, 1.82) is 0 Å². The molecule has 4 N–H and O–H groups in total. The third-order valence-corrected chi connectivity index (χ3v) is 3.94. The van der Waals surface area contributed by atoms with Gasteiger partial charge in [-0.3, -0.25) is 0 Å². The first-order chi connectivity index (χ1) is 8.78. The molecule has 1 atom stereocenters. The van der Waals surface area contributed by atoms with Gasteiger partial charge in [0.05, 0.1) is 11.9 Å². The van der Waals surface area contributed by atoms with Crippen molar-refractivity contribution in [3.05, 3.63) is 29.8 Å². The lowest BCUT2D eigenvalue weighted by atomic mass is 10.1. The number of aliphatic hydroxyl groups is 1. The van der Waals surface area contributed by atoms with Crippen LogP contribution in [0.4, 0.5) is 5.69 Å². The van der Waals surface area contributed by atoms with E-state index < -0.39 is 16.1 Å². The molecule has 1 rings (SSSR count). The van der Waals surface area contributed by atoms with Crippen LogP contribution in [-0.2, 0) is 15.8 Å². The number of nitrogens with two attached hydrogens (primary N) is 1. The third kappa shape index (κ3) is 6.56. The van der Waals surface area contributed by atoms with Crippen molar-refractivity contribution in [3.8, 4) is 0 Å². The van der Waals surface area contributed by atoms with E-state index in [1.165, 1.54) is 0 Å². The highest BCUT2D eigenvalue weighted by molar-refractivity contribution is 7.88. The first-order valence-electron chi connectivity index (χ1n) is 6.28. The highest BCUT2D eigenvalue weighted by Gasteiger charge is 2.14. The summed E-state index contributed by atoms with van der Waals surface area (Å²) in [4.78, 5) is 0. The topological polar surface area (TPSA) is 92.4 Å². The van der Waals surface area contributed by atoms with Crippen molar-refractivity contribution in [2.24, 2.45) is 5.92 Å². The molecule has 0 spiro atoms. The van der Waals surface area contributed by atoms with E-state index in [-0.39, 0.29) is 12.3 Å². The summed E-state index contributed by atoms with van der Waals surface area (Å²) >= 11 is 0. The van der Waals surface area contributed by atoms with E-state index in [9.17, 15) is 13.5 Å². The molecule has 108 valence electrons. The minimum Gasteiger partial charge on any atom is -0.399 e. The van der Waals surface area contributed by atoms with Crippen molar-refractivity contribution in [3.63, 3.8) is 0 Å². The van der Waals surface area contributed by atoms with Crippen LogP contribution in [0.3, 0.4) is 0 Å². The molecule has 0 fully saturated rings. The van der Waals surface area contributed by atoms with Gasteiger partial charge in [0.15, 0.2) is 0 Å². The summed E-state index contributed by atoms with van der Waals surface area (Å²) in [6.45, 7) is 4.01. The van der Waals surface area contributed by atoms with E-state index in [4.69, 9.17) is 5.73 Å². The Morgan fingerprint density at radius 2 is 1.84 bits per heavy atom. The van der Waals surface area contributed by atoms with E-state index in [0.717, 1.165) is 0 Å². The molecule has 0 saturated carbocycles. The van der Waals surface area contributed by atoms with Crippen LogP contribution in [0.25, 0.3) is 0 Å². The Hall–Kier alpha value is -1.11. The van der Waals surface area contributed by atoms with Crippen LogP contribution in [0.15, 0.2) is 24.3 Å². The lowest BCUT2D eigenvalue weighted by molar-refractivity contribution is 0.152. The molecule has 6 heteroatoms. The Labute approximate surface area is 114 Å². The van der Waals surface area contributed by atoms with E-state index in [1.54, 1.807) is 24.3 Å². The Morgan fingerprint density at radius 3 is 2.37 bits per heavy atom. The molecule has 5 nitrogen and oxygen atoms in total. The van der Waals surface area contributed by atoms with Crippen LogP contribution in [0.5, 0.6) is 0 Å². The summed E-state index contributed by atoms with van der Waals surface area (Å²) < 4.78 is 26.1. The van der Waals surface area contributed by atoms with E-state index >= 15 is 0 Å². The number of hydrogen-bond acceptors (Lipinski definition) is 4. The standard InChI is InChI=1S/C13H22N2O3S/c1-10(2)7-13(16)8-15-19(17,18)9-11-3-5-12(14)6-4-11/h3-6,10,13,15-16H,7-9,14H2,1-2H3. The molecule has 1 aromatic carbocycles. The zero-order chi connectivity index (χ0) is 14.5. The fourth-order valence-electron chi connectivity index (χ4n) is 1.73. The normalized spacial score (nSPS) is 13.7. The van der Waals surface area contributed by atoms with Crippen LogP contribution in [0.1, 0.15) is 25.8 Å². The van der Waals surface area contributed by atoms with Gasteiger partial charge >= 0.3 is 0 Å². The van der Waals surface area contributed by atoms with Gasteiger partial charge in [0.1, 0.15) is 0 Å². The number of rotatable bonds is 7. The van der Waals surface area contributed by atoms with Gasteiger partial charge in [-0.25, -0.2) is 13.1 Å². The zero-order valence-electron chi connectivity index (χ0n) is 11.3. The van der Waals surface area contributed by atoms with Crippen LogP contribution >= 0.6 is 0 Å². The Morgan fingerprint density at radius 1 is 1.26 bits per heavy atom. The van der Waals surface area contributed by atoms with Gasteiger partial charge < -0.3 is 10.8 Å². The summed E-state index contributed by atoms with van der Waals surface area (Å²) in [5, 5.41) is 9.64. The maximum absolute atomic E-state index is 11.8. The van der Waals surface area contributed by atoms with E-state index in [0.29, 0.717) is 23.6 Å². The molecule has 0 aliphatic heterocycles. The number of benzene rings is 1. The molecule has 0 aliphatic rings. The van der Waals surface area contributed by atoms with Crippen molar-refractivity contribution >= 4 is 15.7 Å². The predicted octanol–water partition coefficient (Wildman–Crippen LogP) is 1.10. The number of hydrogen-bond donors (Lipinski definition) is 3. The smallest absolute Gasteiger partial charge is 0.215 e. The van der Waals surface area contributed by atoms with Crippen molar-refractivity contribution in [1.82, 2.24) is 4.72 Å². The molecule has 0 amide bonds. The molecular formula is C13H22N2O3S. The highest BCUT2D eigenvalue weighted by Crippen LogP contribution is 2.09. The number of aliphatic hydroxyl groups excluding tert-OH is 1. The molecule has 0 bridgehead atoms. The van der Waals surface area contributed by atoms with Crippen LogP contribution in [0, 0.1) is 5.92 Å². The quantitative estimate of drug-likeness (QED) is 0.654. The fraction of sp³-hybridized carbons (Fsp3) is 0.538. The molecule has 1 aromatic rings. The molecule has 19 heavy (non-hydrogen) atoms. The summed E-state index contributed by atoms with van der Waals surface area (Å²) in [6, 6.07) is 6.69. The molecule has 0 saturated heterocycles. The summed E-state index contributed by atoms with van der Waals surface area (Å²) in [6.07, 6.45) is -0.0779. The molecule has 0 aromatic heterocycles. The Bertz CT molecular complexity index is 483. The van der Waals surface area contributed by atoms with Gasteiger partial charge in [-0.05, 0) is 30.0 Å². The van der Waals surface area contributed by atoms with Crippen molar-refractivity contribution in [2.45, 2.75) is 32.1 Å². The van der Waals surface area contributed by atoms with Gasteiger partial charge in [0.2, 0.25) is 10.0 Å². The number of nitrogens with one attached hydrogen (secondary N) is 1. The zero-order valence-corrected chi connectivity index (χ0v) is 12.2. The summed E-state index contributed by atoms with van der Waals surface area (Å²) in [5.41, 5.74) is 6.80. The monoisotopic (exact) mass is 286 g/mol. The largest absolute Gasteiger partial charge is 0.399 e. The number of anilines is 1. The minimum absolute atomic E-state index is 0.0511. The second kappa shape index (κ2) is 6.88. The maximum Gasteiger partial charge on any atom is 0.215 e. The lowest BCUT2D eigenvalue weighted by Crippen LogP contribution is -2.33. The first-order valence-corrected chi connectivity index (χ1v) is 7.93. The van der Waals surface area contributed by atoms with Gasteiger partial charge in [0.25, 0.3) is 0 Å². The number of nitrogen functional groups attached to an aromatic ring is 1. The number of sulfonamides is 1. The van der Waals surface area contributed by atoms with Gasteiger partial charge in [-0.1, -0.05) is 26.0 Å². The van der Waals surface area contributed by atoms with Crippen LogP contribution in [0.2, 0.25) is 0 Å². The SMILES string of the molecule is CC(C)CC(O)CNS(=O)(=O)Cc1ccc(N)cc1. The minimum atomic E-state index is -3.43. The van der Waals surface area contributed by atoms with Gasteiger partial charge in [0, 0.05) is 12.2 Å². The van der Waals surface area contributed by atoms with E-state index in [2.05, 4.69) is 4.72 Å². The second-order valence-electron chi connectivity index (χ2n) is 5.13. The van der Waals surface area contributed by atoms with Crippen molar-refractivity contribution in [2.75, 3.05) is 12.3 Å². The van der Waals surface area contributed by atoms with Crippen LogP contribution in [-0.4, -0.2) is 26.2 Å². The highest BCUT2D eigenvalue weighted by atomic mass is 32.2. The molecule has 0 radical (unpaired) electrons. The Kier molecular flexibility index (Phi) is 5.78. The summed E-state index contributed by atoms with van der Waals surface area (Å²) in [5.74, 6) is 0.221. The molecule has 0 heterocycles. The van der Waals surface area contributed by atoms with Crippen LogP contribution < -0.4 is 10.5 Å². The molecule has 1 unspecified atom stereocenters. The molecular weight excluding hydrogens is 264 g/mol. The summed E-state index contributed by atoms with van der Waals surface area (Å²) in [7, 11) is -3.43. The first kappa shape index (κ1) is 15.9. The van der Waals surface area contributed by atoms with E-state index in [1.807, 2.05) is 13.8 Å². The lowest BCUT2D eigenvalue weighted by Gasteiger charge is -2.14. The molecule has 0 aliphatic carbocycles. The van der Waals surface area contributed by atoms with Gasteiger partial charge in [-0.2, -0.15) is 0 Å². The average Bonchev–Trinajstić information content (AvgIpc) is 2.29. The third-order valence-electron chi connectivity index (χ3n) is 2.62. The predicted molar refractivity (Wildman–Crippen MR) is 76.9 cm³/mol.